The SMILES string of the molecule is CCC(=O)NC1=CCC(C)c2cc3c(cc2S1)OC(F)(F)O3. The van der Waals surface area contributed by atoms with Crippen LogP contribution < -0.4 is 14.8 Å². The Morgan fingerprint density at radius 3 is 2.77 bits per heavy atom. The number of benzene rings is 1. The van der Waals surface area contributed by atoms with Crippen molar-refractivity contribution in [1.82, 2.24) is 5.32 Å². The van der Waals surface area contributed by atoms with Gasteiger partial charge >= 0.3 is 6.29 Å². The van der Waals surface area contributed by atoms with Crippen LogP contribution in [0.25, 0.3) is 0 Å². The van der Waals surface area contributed by atoms with Gasteiger partial charge in [0.1, 0.15) is 0 Å². The van der Waals surface area contributed by atoms with Gasteiger partial charge in [0.05, 0.1) is 5.03 Å². The summed E-state index contributed by atoms with van der Waals surface area (Å²) >= 11 is 1.34. The molecule has 2 aliphatic heterocycles. The van der Waals surface area contributed by atoms with Gasteiger partial charge in [0, 0.05) is 11.3 Å². The number of carbonyl (C=O) groups is 1. The number of nitrogens with one attached hydrogen (secondary N) is 1. The zero-order valence-corrected chi connectivity index (χ0v) is 12.9. The summed E-state index contributed by atoms with van der Waals surface area (Å²) in [5.74, 6) is 0.118. The number of allylic oxidation sites excluding steroid dienone is 1. The summed E-state index contributed by atoms with van der Waals surface area (Å²) in [5.41, 5.74) is 0.905. The molecular formula is C15H15F2NO3S. The first-order valence-electron chi connectivity index (χ1n) is 6.99. The predicted molar refractivity (Wildman–Crippen MR) is 78.1 cm³/mol. The lowest BCUT2D eigenvalue weighted by atomic mass is 9.97. The van der Waals surface area contributed by atoms with E-state index in [1.54, 1.807) is 19.1 Å². The van der Waals surface area contributed by atoms with Crippen molar-refractivity contribution in [3.63, 3.8) is 0 Å². The molecule has 0 saturated heterocycles. The number of carbonyl (C=O) groups excluding carboxylic acids is 1. The number of halogens is 2. The van der Waals surface area contributed by atoms with Gasteiger partial charge < -0.3 is 14.8 Å². The summed E-state index contributed by atoms with van der Waals surface area (Å²) in [4.78, 5) is 12.3. The Bertz CT molecular complexity index is 660. The second kappa shape index (κ2) is 5.46. The largest absolute Gasteiger partial charge is 0.586 e. The Morgan fingerprint density at radius 2 is 2.09 bits per heavy atom. The maximum atomic E-state index is 13.2. The number of alkyl halides is 2. The van der Waals surface area contributed by atoms with Crippen LogP contribution in [0, 0.1) is 0 Å². The zero-order chi connectivity index (χ0) is 15.9. The molecule has 0 bridgehead atoms. The van der Waals surface area contributed by atoms with Gasteiger partial charge in [0.25, 0.3) is 0 Å². The first kappa shape index (κ1) is 15.1. The van der Waals surface area contributed by atoms with Crippen LogP contribution in [0.5, 0.6) is 11.5 Å². The van der Waals surface area contributed by atoms with Crippen molar-refractivity contribution in [3.05, 3.63) is 28.8 Å². The third kappa shape index (κ3) is 2.90. The van der Waals surface area contributed by atoms with Crippen molar-refractivity contribution >= 4 is 17.7 Å². The van der Waals surface area contributed by atoms with Crippen LogP contribution >= 0.6 is 11.8 Å². The summed E-state index contributed by atoms with van der Waals surface area (Å²) in [6.45, 7) is 3.77. The molecule has 1 amide bonds. The molecule has 4 nitrogen and oxygen atoms in total. The molecule has 118 valence electrons. The first-order valence-corrected chi connectivity index (χ1v) is 7.81. The molecule has 3 rings (SSSR count). The number of hydrogen-bond donors (Lipinski definition) is 1. The van der Waals surface area contributed by atoms with Crippen molar-refractivity contribution in [2.75, 3.05) is 0 Å². The number of rotatable bonds is 2. The van der Waals surface area contributed by atoms with Crippen molar-refractivity contribution in [3.8, 4) is 11.5 Å². The van der Waals surface area contributed by atoms with E-state index in [1.807, 2.05) is 13.0 Å². The van der Waals surface area contributed by atoms with Crippen LogP contribution in [-0.2, 0) is 4.79 Å². The van der Waals surface area contributed by atoms with Crippen LogP contribution in [-0.4, -0.2) is 12.2 Å². The lowest BCUT2D eigenvalue weighted by Crippen LogP contribution is -2.25. The van der Waals surface area contributed by atoms with Gasteiger partial charge in [-0.15, -0.1) is 8.78 Å². The minimum Gasteiger partial charge on any atom is -0.395 e. The van der Waals surface area contributed by atoms with Gasteiger partial charge in [-0.05, 0) is 30.0 Å². The van der Waals surface area contributed by atoms with Gasteiger partial charge in [0.15, 0.2) is 11.5 Å². The number of thioether (sulfide) groups is 1. The molecule has 0 fully saturated rings. The van der Waals surface area contributed by atoms with Crippen LogP contribution in [0.2, 0.25) is 0 Å². The van der Waals surface area contributed by atoms with Crippen LogP contribution in [0.4, 0.5) is 8.78 Å². The first-order chi connectivity index (χ1) is 10.4. The molecular weight excluding hydrogens is 312 g/mol. The smallest absolute Gasteiger partial charge is 0.395 e. The third-order valence-electron chi connectivity index (χ3n) is 3.53. The normalized spacial score (nSPS) is 21.6. The summed E-state index contributed by atoms with van der Waals surface area (Å²) in [7, 11) is 0. The van der Waals surface area contributed by atoms with Crippen molar-refractivity contribution < 1.29 is 23.0 Å². The molecule has 0 spiro atoms. The average molecular weight is 327 g/mol. The average Bonchev–Trinajstić information content (AvgIpc) is 2.67. The lowest BCUT2D eigenvalue weighted by molar-refractivity contribution is -0.286. The highest BCUT2D eigenvalue weighted by Gasteiger charge is 2.44. The zero-order valence-electron chi connectivity index (χ0n) is 12.1. The number of amides is 1. The van der Waals surface area contributed by atoms with E-state index in [-0.39, 0.29) is 23.3 Å². The standard InChI is InChI=1S/C15H15F2NO3S/c1-3-13(19)18-14-5-4-8(2)9-6-10-11(7-12(9)22-14)21-15(16,17)20-10/h5-8H,3-4H2,1-2H3,(H,18,19). The van der Waals surface area contributed by atoms with Gasteiger partial charge in [-0.2, -0.15) is 0 Å². The maximum Gasteiger partial charge on any atom is 0.586 e. The molecule has 1 N–H and O–H groups in total. The van der Waals surface area contributed by atoms with Crippen LogP contribution in [0.15, 0.2) is 28.1 Å². The molecule has 2 aliphatic rings. The van der Waals surface area contributed by atoms with E-state index < -0.39 is 6.29 Å². The predicted octanol–water partition coefficient (Wildman–Crippen LogP) is 3.98. The summed E-state index contributed by atoms with van der Waals surface area (Å²) < 4.78 is 35.4. The van der Waals surface area contributed by atoms with Crippen LogP contribution in [0.3, 0.4) is 0 Å². The van der Waals surface area contributed by atoms with E-state index in [2.05, 4.69) is 14.8 Å². The number of ether oxygens (including phenoxy) is 2. The Kier molecular flexibility index (Phi) is 3.76. The molecule has 1 unspecified atom stereocenters. The molecule has 2 heterocycles. The summed E-state index contributed by atoms with van der Waals surface area (Å²) in [6.07, 6.45) is -0.585. The molecule has 1 aromatic rings. The fourth-order valence-corrected chi connectivity index (χ4v) is 3.47. The van der Waals surface area contributed by atoms with E-state index in [0.29, 0.717) is 17.9 Å². The fraction of sp³-hybridized carbons (Fsp3) is 0.400. The summed E-state index contributed by atoms with van der Waals surface area (Å²) in [5, 5.41) is 3.53. The Morgan fingerprint density at radius 1 is 1.41 bits per heavy atom. The lowest BCUT2D eigenvalue weighted by Gasteiger charge is -2.12. The Labute approximate surface area is 130 Å². The maximum absolute atomic E-state index is 13.2. The highest BCUT2D eigenvalue weighted by molar-refractivity contribution is 8.03. The Hall–Kier alpha value is -1.76. The van der Waals surface area contributed by atoms with Gasteiger partial charge in [-0.1, -0.05) is 31.7 Å². The molecule has 1 aromatic carbocycles. The number of fused-ring (bicyclic) bond motifs is 2. The topological polar surface area (TPSA) is 47.6 Å². The molecule has 0 saturated carbocycles. The Balaban J connectivity index is 1.92. The fourth-order valence-electron chi connectivity index (χ4n) is 2.34. The van der Waals surface area contributed by atoms with E-state index >= 15 is 0 Å². The highest BCUT2D eigenvalue weighted by atomic mass is 32.2. The number of hydrogen-bond acceptors (Lipinski definition) is 4. The van der Waals surface area contributed by atoms with E-state index in [1.165, 1.54) is 11.8 Å². The molecule has 22 heavy (non-hydrogen) atoms. The van der Waals surface area contributed by atoms with Crippen molar-refractivity contribution in [1.29, 1.82) is 0 Å². The molecule has 0 radical (unpaired) electrons. The molecule has 0 aliphatic carbocycles. The van der Waals surface area contributed by atoms with Gasteiger partial charge in [0.2, 0.25) is 5.91 Å². The van der Waals surface area contributed by atoms with E-state index in [9.17, 15) is 13.6 Å². The minimum absolute atomic E-state index is 0.0199. The van der Waals surface area contributed by atoms with E-state index in [0.717, 1.165) is 10.5 Å². The van der Waals surface area contributed by atoms with E-state index in [4.69, 9.17) is 0 Å². The van der Waals surface area contributed by atoms with Crippen LogP contribution in [0.1, 0.15) is 38.2 Å². The second-order valence-electron chi connectivity index (χ2n) is 5.21. The molecule has 7 heteroatoms. The van der Waals surface area contributed by atoms with Gasteiger partial charge in [-0.3, -0.25) is 4.79 Å². The third-order valence-corrected chi connectivity index (χ3v) is 4.59. The molecule has 0 aromatic heterocycles. The monoisotopic (exact) mass is 327 g/mol. The van der Waals surface area contributed by atoms with Crippen molar-refractivity contribution in [2.24, 2.45) is 0 Å². The minimum atomic E-state index is -3.62. The highest BCUT2D eigenvalue weighted by Crippen LogP contribution is 2.48. The van der Waals surface area contributed by atoms with Gasteiger partial charge in [-0.25, -0.2) is 0 Å². The molecule has 1 atom stereocenters. The van der Waals surface area contributed by atoms with Crippen molar-refractivity contribution in [2.45, 2.75) is 43.8 Å². The quantitative estimate of drug-likeness (QED) is 0.893. The summed E-state index contributed by atoms with van der Waals surface area (Å²) in [6, 6.07) is 3.14. The second-order valence-corrected chi connectivity index (χ2v) is 6.30.